The van der Waals surface area contributed by atoms with Crippen LogP contribution in [0.5, 0.6) is 5.75 Å². The van der Waals surface area contributed by atoms with Gasteiger partial charge in [-0.1, -0.05) is 24.6 Å². The van der Waals surface area contributed by atoms with E-state index in [0.29, 0.717) is 5.92 Å². The van der Waals surface area contributed by atoms with E-state index in [1.807, 2.05) is 12.1 Å². The molecule has 4 nitrogen and oxygen atoms in total. The third kappa shape index (κ3) is 5.05. The lowest BCUT2D eigenvalue weighted by molar-refractivity contribution is -0.123. The van der Waals surface area contributed by atoms with Crippen molar-refractivity contribution in [1.82, 2.24) is 10.6 Å². The van der Waals surface area contributed by atoms with Crippen LogP contribution < -0.4 is 15.4 Å². The molecule has 2 rings (SSSR count). The molecule has 21 heavy (non-hydrogen) atoms. The highest BCUT2D eigenvalue weighted by atomic mass is 16.5. The molecule has 1 amide bonds. The predicted octanol–water partition coefficient (Wildman–Crippen LogP) is 2.57. The lowest BCUT2D eigenvalue weighted by Crippen LogP contribution is -2.30. The summed E-state index contributed by atoms with van der Waals surface area (Å²) in [5, 5.41) is 6.31. The van der Waals surface area contributed by atoms with Gasteiger partial charge in [0.25, 0.3) is 5.91 Å². The minimum absolute atomic E-state index is 0.0375. The molecule has 1 unspecified atom stereocenters. The van der Waals surface area contributed by atoms with E-state index in [0.717, 1.165) is 24.4 Å². The van der Waals surface area contributed by atoms with Crippen LogP contribution in [-0.4, -0.2) is 25.6 Å². The Morgan fingerprint density at radius 3 is 2.86 bits per heavy atom. The number of hydrogen-bond donors (Lipinski definition) is 2. The van der Waals surface area contributed by atoms with E-state index in [1.165, 1.54) is 18.4 Å². The van der Waals surface area contributed by atoms with Crippen molar-refractivity contribution in [2.75, 3.05) is 19.7 Å². The lowest BCUT2D eigenvalue weighted by Gasteiger charge is -2.18. The van der Waals surface area contributed by atoms with Crippen LogP contribution >= 0.6 is 0 Å². The van der Waals surface area contributed by atoms with E-state index in [4.69, 9.17) is 4.74 Å². The highest BCUT2D eigenvalue weighted by molar-refractivity contribution is 5.77. The van der Waals surface area contributed by atoms with Crippen molar-refractivity contribution in [3.63, 3.8) is 0 Å². The third-order valence-corrected chi connectivity index (χ3v) is 3.79. The Balaban J connectivity index is 1.92. The van der Waals surface area contributed by atoms with Gasteiger partial charge in [0.05, 0.1) is 0 Å². The maximum atomic E-state index is 11.8. The number of carbonyl (C=O) groups excluding carboxylic acids is 1. The van der Waals surface area contributed by atoms with E-state index >= 15 is 0 Å². The van der Waals surface area contributed by atoms with E-state index in [2.05, 4.69) is 37.5 Å². The Morgan fingerprint density at radius 2 is 2.19 bits per heavy atom. The molecular weight excluding hydrogens is 264 g/mol. The quantitative estimate of drug-likeness (QED) is 0.773. The first-order chi connectivity index (χ1) is 10.1. The van der Waals surface area contributed by atoms with Gasteiger partial charge in [-0.05, 0) is 45.2 Å². The molecule has 0 spiro atoms. The fraction of sp³-hybridized carbons (Fsp3) is 0.588. The molecule has 1 fully saturated rings. The van der Waals surface area contributed by atoms with Crippen LogP contribution in [0.2, 0.25) is 0 Å². The molecule has 1 saturated carbocycles. The fourth-order valence-corrected chi connectivity index (χ4v) is 2.33. The second kappa shape index (κ2) is 7.46. The normalized spacial score (nSPS) is 15.6. The Labute approximate surface area is 127 Å². The molecule has 1 aromatic rings. The molecule has 1 aliphatic rings. The highest BCUT2D eigenvalue weighted by Crippen LogP contribution is 2.28. The maximum Gasteiger partial charge on any atom is 0.257 e. The summed E-state index contributed by atoms with van der Waals surface area (Å²) in [5.74, 6) is 1.44. The van der Waals surface area contributed by atoms with Gasteiger partial charge in [0.15, 0.2) is 6.61 Å². The largest absolute Gasteiger partial charge is 0.483 e. The van der Waals surface area contributed by atoms with Crippen LogP contribution in [0.3, 0.4) is 0 Å². The number of aryl methyl sites for hydroxylation is 1. The van der Waals surface area contributed by atoms with E-state index in [1.54, 1.807) is 0 Å². The first-order valence-corrected chi connectivity index (χ1v) is 7.83. The van der Waals surface area contributed by atoms with Crippen molar-refractivity contribution in [2.45, 2.75) is 39.7 Å². The number of carbonyl (C=O) groups is 1. The van der Waals surface area contributed by atoms with Crippen LogP contribution in [-0.2, 0) is 4.79 Å². The average Bonchev–Trinajstić information content (AvgIpc) is 3.28. The molecule has 1 aromatic carbocycles. The molecule has 1 aliphatic carbocycles. The van der Waals surface area contributed by atoms with Crippen molar-refractivity contribution in [2.24, 2.45) is 5.92 Å². The van der Waals surface area contributed by atoms with Gasteiger partial charge < -0.3 is 15.4 Å². The summed E-state index contributed by atoms with van der Waals surface area (Å²) in [4.78, 5) is 11.8. The second-order valence-electron chi connectivity index (χ2n) is 5.86. The van der Waals surface area contributed by atoms with Gasteiger partial charge >= 0.3 is 0 Å². The van der Waals surface area contributed by atoms with Crippen molar-refractivity contribution in [3.8, 4) is 5.75 Å². The predicted molar refractivity (Wildman–Crippen MR) is 84.5 cm³/mol. The first-order valence-electron chi connectivity index (χ1n) is 7.83. The molecule has 0 heterocycles. The van der Waals surface area contributed by atoms with Crippen molar-refractivity contribution in [1.29, 1.82) is 0 Å². The minimum atomic E-state index is -0.0375. The SMILES string of the molecule is CCNC(C)c1cc(C)ccc1OCC(=O)NCC1CC1. The van der Waals surface area contributed by atoms with Crippen LogP contribution in [0.4, 0.5) is 0 Å². The summed E-state index contributed by atoms with van der Waals surface area (Å²) in [5.41, 5.74) is 2.30. The Hall–Kier alpha value is -1.55. The highest BCUT2D eigenvalue weighted by Gasteiger charge is 2.21. The van der Waals surface area contributed by atoms with Gasteiger partial charge in [-0.15, -0.1) is 0 Å². The zero-order valence-electron chi connectivity index (χ0n) is 13.2. The topological polar surface area (TPSA) is 50.4 Å². The second-order valence-corrected chi connectivity index (χ2v) is 5.86. The van der Waals surface area contributed by atoms with Gasteiger partial charge in [0, 0.05) is 18.2 Å². The van der Waals surface area contributed by atoms with Crippen LogP contribution in [0, 0.1) is 12.8 Å². The molecule has 1 atom stereocenters. The zero-order chi connectivity index (χ0) is 15.2. The number of nitrogens with one attached hydrogen (secondary N) is 2. The van der Waals surface area contributed by atoms with Crippen LogP contribution in [0.25, 0.3) is 0 Å². The number of rotatable bonds is 8. The summed E-state index contributed by atoms with van der Waals surface area (Å²) in [6.45, 7) is 8.03. The van der Waals surface area contributed by atoms with Crippen molar-refractivity contribution in [3.05, 3.63) is 29.3 Å². The zero-order valence-corrected chi connectivity index (χ0v) is 13.2. The van der Waals surface area contributed by atoms with Crippen molar-refractivity contribution >= 4 is 5.91 Å². The van der Waals surface area contributed by atoms with Gasteiger partial charge in [-0.2, -0.15) is 0 Å². The monoisotopic (exact) mass is 290 g/mol. The summed E-state index contributed by atoms with van der Waals surface area (Å²) in [6.07, 6.45) is 2.48. The Bertz CT molecular complexity index is 484. The van der Waals surface area contributed by atoms with Gasteiger partial charge in [-0.3, -0.25) is 4.79 Å². The van der Waals surface area contributed by atoms with E-state index in [9.17, 15) is 4.79 Å². The third-order valence-electron chi connectivity index (χ3n) is 3.79. The number of amides is 1. The molecular formula is C17H26N2O2. The summed E-state index contributed by atoms with van der Waals surface area (Å²) < 4.78 is 5.72. The Kier molecular flexibility index (Phi) is 5.62. The molecule has 116 valence electrons. The molecule has 4 heteroatoms. The average molecular weight is 290 g/mol. The van der Waals surface area contributed by atoms with E-state index in [-0.39, 0.29) is 18.6 Å². The first kappa shape index (κ1) is 15.8. The molecule has 0 aromatic heterocycles. The number of benzene rings is 1. The lowest BCUT2D eigenvalue weighted by atomic mass is 10.0. The van der Waals surface area contributed by atoms with Crippen molar-refractivity contribution < 1.29 is 9.53 Å². The molecule has 0 aliphatic heterocycles. The summed E-state index contributed by atoms with van der Waals surface area (Å²) in [6, 6.07) is 6.29. The number of ether oxygens (including phenoxy) is 1. The maximum absolute atomic E-state index is 11.8. The molecule has 0 saturated heterocycles. The molecule has 0 bridgehead atoms. The van der Waals surface area contributed by atoms with Gasteiger partial charge in [0.1, 0.15) is 5.75 Å². The van der Waals surface area contributed by atoms with Gasteiger partial charge in [-0.25, -0.2) is 0 Å². The van der Waals surface area contributed by atoms with Gasteiger partial charge in [0.2, 0.25) is 0 Å². The smallest absolute Gasteiger partial charge is 0.257 e. The summed E-state index contributed by atoms with van der Waals surface area (Å²) >= 11 is 0. The van der Waals surface area contributed by atoms with Crippen LogP contribution in [0.1, 0.15) is 43.9 Å². The number of hydrogen-bond acceptors (Lipinski definition) is 3. The molecule has 0 radical (unpaired) electrons. The standard InChI is InChI=1S/C17H26N2O2/c1-4-18-13(3)15-9-12(2)5-8-16(15)21-11-17(20)19-10-14-6-7-14/h5,8-9,13-14,18H,4,6-7,10-11H2,1-3H3,(H,19,20). The Morgan fingerprint density at radius 1 is 1.43 bits per heavy atom. The minimum Gasteiger partial charge on any atom is -0.483 e. The van der Waals surface area contributed by atoms with Crippen LogP contribution in [0.15, 0.2) is 18.2 Å². The van der Waals surface area contributed by atoms with E-state index < -0.39 is 0 Å². The molecule has 2 N–H and O–H groups in total. The fourth-order valence-electron chi connectivity index (χ4n) is 2.33. The summed E-state index contributed by atoms with van der Waals surface area (Å²) in [7, 11) is 0.